The summed E-state index contributed by atoms with van der Waals surface area (Å²) in [6, 6.07) is 11.1. The third kappa shape index (κ3) is 5.49. The van der Waals surface area contributed by atoms with Gasteiger partial charge < -0.3 is 16.4 Å². The minimum absolute atomic E-state index is 0.182. The molecule has 0 fully saturated rings. The summed E-state index contributed by atoms with van der Waals surface area (Å²) in [7, 11) is 1.76. The van der Waals surface area contributed by atoms with Gasteiger partial charge in [-0.1, -0.05) is 32.9 Å². The highest BCUT2D eigenvalue weighted by Gasteiger charge is 2.30. The summed E-state index contributed by atoms with van der Waals surface area (Å²) in [5.74, 6) is 0.197. The first-order valence-corrected chi connectivity index (χ1v) is 13.8. The number of benzene rings is 1. The summed E-state index contributed by atoms with van der Waals surface area (Å²) in [5.41, 5.74) is 10.7. The van der Waals surface area contributed by atoms with Crippen molar-refractivity contribution in [3.63, 3.8) is 0 Å². The van der Waals surface area contributed by atoms with Crippen molar-refractivity contribution in [2.45, 2.75) is 46.1 Å². The number of aryl methyl sites for hydroxylation is 2. The summed E-state index contributed by atoms with van der Waals surface area (Å²) in [5, 5.41) is 11.0. The zero-order valence-electron chi connectivity index (χ0n) is 22.2. The number of hydrogen-bond donors (Lipinski definition) is 3. The average Bonchev–Trinajstić information content (AvgIpc) is 3.51. The highest BCUT2D eigenvalue weighted by atomic mass is 32.1. The SMILES string of the molecule is Cn1cc(C(=O)Nc2cccc([C@@H](CN)NC(=O)c3cc4cc5c(nc4s3)CC[C@@H](C(C)(C)C)C5)c2)cn1. The fourth-order valence-corrected chi connectivity index (χ4v) is 5.99. The predicted molar refractivity (Wildman–Crippen MR) is 151 cm³/mol. The Kier molecular flexibility index (Phi) is 7.07. The van der Waals surface area contributed by atoms with Crippen LogP contribution >= 0.6 is 11.3 Å². The standard InChI is InChI=1S/C29H34N6O2S/c1-29(2,3)21-8-9-23-18(11-21)10-19-13-25(38-28(19)34-23)27(37)33-24(14-30)17-6-5-7-22(12-17)32-26(36)20-15-31-35(4)16-20/h5-7,10,12-13,15-16,21,24H,8-9,11,14,30H2,1-4H3,(H,32,36)(H,33,37)/t21-,24-/m1/s1. The number of fused-ring (bicyclic) bond motifs is 2. The normalized spacial score (nSPS) is 16.2. The molecule has 1 aliphatic carbocycles. The minimum Gasteiger partial charge on any atom is -0.343 e. The van der Waals surface area contributed by atoms with E-state index >= 15 is 0 Å². The zero-order valence-corrected chi connectivity index (χ0v) is 23.1. The number of amides is 2. The van der Waals surface area contributed by atoms with Gasteiger partial charge >= 0.3 is 0 Å². The van der Waals surface area contributed by atoms with Crippen LogP contribution in [-0.4, -0.2) is 33.1 Å². The molecule has 0 saturated heterocycles. The molecule has 0 aliphatic heterocycles. The van der Waals surface area contributed by atoms with Gasteiger partial charge in [-0.05, 0) is 66.0 Å². The van der Waals surface area contributed by atoms with Crippen molar-refractivity contribution in [1.29, 1.82) is 0 Å². The Morgan fingerprint density at radius 1 is 1.21 bits per heavy atom. The van der Waals surface area contributed by atoms with Gasteiger partial charge in [0.1, 0.15) is 4.83 Å². The van der Waals surface area contributed by atoms with Crippen LogP contribution in [0, 0.1) is 11.3 Å². The van der Waals surface area contributed by atoms with Crippen molar-refractivity contribution in [3.8, 4) is 0 Å². The molecule has 2 amide bonds. The lowest BCUT2D eigenvalue weighted by Crippen LogP contribution is -2.33. The van der Waals surface area contributed by atoms with E-state index in [2.05, 4.69) is 42.6 Å². The number of anilines is 1. The van der Waals surface area contributed by atoms with Crippen molar-refractivity contribution in [2.75, 3.05) is 11.9 Å². The van der Waals surface area contributed by atoms with Crippen molar-refractivity contribution in [1.82, 2.24) is 20.1 Å². The van der Waals surface area contributed by atoms with Crippen LogP contribution < -0.4 is 16.4 Å². The van der Waals surface area contributed by atoms with Crippen molar-refractivity contribution >= 4 is 39.1 Å². The number of nitrogens with one attached hydrogen (secondary N) is 2. The fraction of sp³-hybridized carbons (Fsp3) is 0.379. The van der Waals surface area contributed by atoms with Crippen molar-refractivity contribution < 1.29 is 9.59 Å². The second-order valence-electron chi connectivity index (χ2n) is 11.1. The largest absolute Gasteiger partial charge is 0.343 e. The lowest BCUT2D eigenvalue weighted by atomic mass is 9.71. The zero-order chi connectivity index (χ0) is 27.0. The predicted octanol–water partition coefficient (Wildman–Crippen LogP) is 4.86. The van der Waals surface area contributed by atoms with Crippen LogP contribution in [0.3, 0.4) is 0 Å². The van der Waals surface area contributed by atoms with Gasteiger partial charge in [0.25, 0.3) is 11.8 Å². The Morgan fingerprint density at radius 3 is 2.74 bits per heavy atom. The number of thiophene rings is 1. The first-order chi connectivity index (χ1) is 18.1. The molecule has 2 atom stereocenters. The highest BCUT2D eigenvalue weighted by Crippen LogP contribution is 2.38. The molecule has 4 aromatic rings. The third-order valence-corrected chi connectivity index (χ3v) is 8.42. The topological polar surface area (TPSA) is 115 Å². The van der Waals surface area contributed by atoms with Gasteiger partial charge in [0.15, 0.2) is 0 Å². The van der Waals surface area contributed by atoms with E-state index in [9.17, 15) is 9.59 Å². The number of pyridine rings is 1. The maximum Gasteiger partial charge on any atom is 0.261 e. The summed E-state index contributed by atoms with van der Waals surface area (Å²) in [6.07, 6.45) is 6.33. The molecule has 0 saturated carbocycles. The van der Waals surface area contributed by atoms with Crippen LogP contribution in [0.5, 0.6) is 0 Å². The maximum absolute atomic E-state index is 13.2. The number of nitrogens with two attached hydrogens (primary N) is 1. The van der Waals surface area contributed by atoms with Crippen LogP contribution in [-0.2, 0) is 19.9 Å². The first-order valence-electron chi connectivity index (χ1n) is 12.9. The van der Waals surface area contributed by atoms with Gasteiger partial charge in [0, 0.05) is 36.6 Å². The third-order valence-electron chi connectivity index (χ3n) is 7.38. The summed E-state index contributed by atoms with van der Waals surface area (Å²) in [6.45, 7) is 7.14. The van der Waals surface area contributed by atoms with Gasteiger partial charge in [-0.3, -0.25) is 14.3 Å². The Bertz CT molecular complexity index is 1500. The Labute approximate surface area is 226 Å². The summed E-state index contributed by atoms with van der Waals surface area (Å²) in [4.78, 5) is 32.2. The number of carbonyl (C=O) groups excluding carboxylic acids is 2. The smallest absolute Gasteiger partial charge is 0.261 e. The number of rotatable bonds is 6. The van der Waals surface area contributed by atoms with Crippen LogP contribution in [0.15, 0.2) is 48.8 Å². The molecule has 8 nitrogen and oxygen atoms in total. The lowest BCUT2D eigenvalue weighted by molar-refractivity contribution is 0.0941. The molecular weight excluding hydrogens is 496 g/mol. The van der Waals surface area contributed by atoms with Gasteiger partial charge in [0.2, 0.25) is 0 Å². The van der Waals surface area contributed by atoms with Crippen LogP contribution in [0.2, 0.25) is 0 Å². The molecular formula is C29H34N6O2S. The molecule has 9 heteroatoms. The van der Waals surface area contributed by atoms with Gasteiger partial charge in [-0.25, -0.2) is 4.98 Å². The molecule has 1 aromatic carbocycles. The molecule has 0 bridgehead atoms. The molecule has 0 unspecified atom stereocenters. The molecule has 3 aromatic heterocycles. The summed E-state index contributed by atoms with van der Waals surface area (Å²) < 4.78 is 1.58. The van der Waals surface area contributed by atoms with Gasteiger partial charge in [0.05, 0.1) is 22.7 Å². The van der Waals surface area contributed by atoms with E-state index in [0.717, 1.165) is 40.7 Å². The van der Waals surface area contributed by atoms with E-state index in [1.165, 1.54) is 23.1 Å². The van der Waals surface area contributed by atoms with E-state index in [1.807, 2.05) is 24.3 Å². The molecule has 1 aliphatic rings. The quantitative estimate of drug-likeness (QED) is 0.329. The maximum atomic E-state index is 13.2. The van der Waals surface area contributed by atoms with E-state index < -0.39 is 6.04 Å². The molecule has 5 rings (SSSR count). The first kappa shape index (κ1) is 26.1. The van der Waals surface area contributed by atoms with E-state index in [-0.39, 0.29) is 23.8 Å². The second-order valence-corrected chi connectivity index (χ2v) is 12.2. The Hall–Kier alpha value is -3.56. The number of hydrogen-bond acceptors (Lipinski definition) is 6. The Balaban J connectivity index is 1.31. The molecule has 0 spiro atoms. The molecule has 3 heterocycles. The van der Waals surface area contributed by atoms with Crippen molar-refractivity contribution in [2.24, 2.45) is 24.1 Å². The van der Waals surface area contributed by atoms with Crippen LogP contribution in [0.25, 0.3) is 10.2 Å². The van der Waals surface area contributed by atoms with Crippen LogP contribution in [0.4, 0.5) is 5.69 Å². The average molecular weight is 531 g/mol. The van der Waals surface area contributed by atoms with Crippen molar-refractivity contribution in [3.05, 3.63) is 76.1 Å². The van der Waals surface area contributed by atoms with E-state index in [4.69, 9.17) is 10.7 Å². The van der Waals surface area contributed by atoms with Gasteiger partial charge in [-0.15, -0.1) is 11.3 Å². The molecule has 0 radical (unpaired) electrons. The van der Waals surface area contributed by atoms with Crippen LogP contribution in [0.1, 0.15) is 70.1 Å². The highest BCUT2D eigenvalue weighted by molar-refractivity contribution is 7.20. The Morgan fingerprint density at radius 2 is 2.03 bits per heavy atom. The molecule has 38 heavy (non-hydrogen) atoms. The van der Waals surface area contributed by atoms with E-state index in [1.54, 1.807) is 24.0 Å². The lowest BCUT2D eigenvalue weighted by Gasteiger charge is -2.34. The number of nitrogens with zero attached hydrogens (tertiary/aromatic N) is 3. The minimum atomic E-state index is -0.406. The van der Waals surface area contributed by atoms with E-state index in [0.29, 0.717) is 22.0 Å². The monoisotopic (exact) mass is 530 g/mol. The molecule has 4 N–H and O–H groups in total. The fourth-order valence-electron chi connectivity index (χ4n) is 5.06. The molecule has 198 valence electrons. The second kappa shape index (κ2) is 10.3. The number of aromatic nitrogens is 3. The summed E-state index contributed by atoms with van der Waals surface area (Å²) >= 11 is 1.41. The number of carbonyl (C=O) groups is 2. The van der Waals surface area contributed by atoms with Gasteiger partial charge in [-0.2, -0.15) is 5.10 Å².